The van der Waals surface area contributed by atoms with E-state index < -0.39 is 0 Å². The Morgan fingerprint density at radius 1 is 0.600 bits per heavy atom. The summed E-state index contributed by atoms with van der Waals surface area (Å²) in [6.07, 6.45) is 1.10. The van der Waals surface area contributed by atoms with E-state index in [9.17, 15) is 0 Å². The highest BCUT2D eigenvalue weighted by Gasteiger charge is 2.15. The van der Waals surface area contributed by atoms with E-state index >= 15 is 0 Å². The van der Waals surface area contributed by atoms with E-state index in [2.05, 4.69) is 48.5 Å². The van der Waals surface area contributed by atoms with Crippen LogP contribution in [0.3, 0.4) is 0 Å². The van der Waals surface area contributed by atoms with Crippen LogP contribution in [-0.4, -0.2) is 0 Å². The number of rotatable bonds is 0. The highest BCUT2D eigenvalue weighted by atomic mass is 19.0. The predicted octanol–water partition coefficient (Wildman–Crippen LogP) is 3.56. The molecule has 0 unspecified atom stereocenters. The molecule has 2 heteroatoms. The summed E-state index contributed by atoms with van der Waals surface area (Å²) >= 11 is 0. The molecule has 0 nitrogen and oxygen atoms in total. The first kappa shape index (κ1) is 11.4. The zero-order valence-electron chi connectivity index (χ0n) is 8.14. The van der Waals surface area contributed by atoms with Gasteiger partial charge in [0.15, 0.2) is 0 Å². The van der Waals surface area contributed by atoms with Gasteiger partial charge in [0.1, 0.15) is 0 Å². The van der Waals surface area contributed by atoms with E-state index in [0.29, 0.717) is 0 Å². The molecule has 1 aliphatic rings. The van der Waals surface area contributed by atoms with Crippen molar-refractivity contribution in [1.29, 1.82) is 0 Å². The maximum Gasteiger partial charge on any atom is -0.00135 e. The Morgan fingerprint density at radius 3 is 1.47 bits per heavy atom. The van der Waals surface area contributed by atoms with Crippen LogP contribution >= 0.6 is 0 Å². The second kappa shape index (κ2) is 4.22. The first-order chi connectivity index (χ1) is 6.45. The van der Waals surface area contributed by atoms with Crippen LogP contribution in [0.5, 0.6) is 0 Å². The lowest BCUT2D eigenvalue weighted by molar-refractivity contribution is 1.11. The Hall–Kier alpha value is -1.70. The molecule has 0 aromatic heterocycles. The van der Waals surface area contributed by atoms with E-state index in [1.54, 1.807) is 0 Å². The van der Waals surface area contributed by atoms with E-state index in [4.69, 9.17) is 0 Å². The fourth-order valence-electron chi connectivity index (χ4n) is 2.08. The third-order valence-corrected chi connectivity index (χ3v) is 2.71. The van der Waals surface area contributed by atoms with Crippen molar-refractivity contribution in [2.75, 3.05) is 0 Å². The van der Waals surface area contributed by atoms with E-state index in [0.717, 1.165) is 6.42 Å². The van der Waals surface area contributed by atoms with Crippen molar-refractivity contribution >= 4 is 0 Å². The summed E-state index contributed by atoms with van der Waals surface area (Å²) in [5, 5.41) is 0. The van der Waals surface area contributed by atoms with Crippen LogP contribution in [0.2, 0.25) is 0 Å². The van der Waals surface area contributed by atoms with Crippen LogP contribution in [0.25, 0.3) is 11.1 Å². The zero-order chi connectivity index (χ0) is 8.67. The van der Waals surface area contributed by atoms with Gasteiger partial charge in [-0.2, -0.15) is 0 Å². The second-order valence-electron chi connectivity index (χ2n) is 3.49. The Balaban J connectivity index is 0.000000562. The average Bonchev–Trinajstić information content (AvgIpc) is 2.56. The molecule has 0 radical (unpaired) electrons. The van der Waals surface area contributed by atoms with Crippen molar-refractivity contribution in [3.63, 3.8) is 0 Å². The van der Waals surface area contributed by atoms with Gasteiger partial charge < -0.3 is 0 Å². The van der Waals surface area contributed by atoms with Gasteiger partial charge in [-0.15, -0.1) is 0 Å². The molecule has 2 aromatic carbocycles. The van der Waals surface area contributed by atoms with Crippen LogP contribution in [0, 0.1) is 0 Å². The summed E-state index contributed by atoms with van der Waals surface area (Å²) in [5.74, 6) is 0. The van der Waals surface area contributed by atoms with Crippen LogP contribution in [0.1, 0.15) is 11.1 Å². The van der Waals surface area contributed by atoms with Gasteiger partial charge in [0.05, 0.1) is 0 Å². The van der Waals surface area contributed by atoms with E-state index in [1.165, 1.54) is 22.3 Å². The van der Waals surface area contributed by atoms with E-state index in [-0.39, 0.29) is 9.41 Å². The van der Waals surface area contributed by atoms with Crippen molar-refractivity contribution in [2.45, 2.75) is 6.42 Å². The molecule has 2 aromatic rings. The van der Waals surface area contributed by atoms with Gasteiger partial charge in [-0.1, -0.05) is 48.5 Å². The highest BCUT2D eigenvalue weighted by Crippen LogP contribution is 2.35. The monoisotopic (exact) mass is 206 g/mol. The molecule has 0 N–H and O–H groups in total. The SMILES string of the molecule is F.F.c1ccc2c(c1)Cc1ccccc1-2. The van der Waals surface area contributed by atoms with Gasteiger partial charge in [0.25, 0.3) is 0 Å². The summed E-state index contributed by atoms with van der Waals surface area (Å²) in [5.41, 5.74) is 5.75. The molecular weight excluding hydrogens is 194 g/mol. The second-order valence-corrected chi connectivity index (χ2v) is 3.49. The van der Waals surface area contributed by atoms with Crippen molar-refractivity contribution < 1.29 is 9.41 Å². The standard InChI is InChI=1S/C13H10.2FH/c1-3-7-12-10(5-1)9-11-6-2-4-8-13(11)12;;/h1-8H,9H2;2*1H. The van der Waals surface area contributed by atoms with Crippen molar-refractivity contribution in [3.8, 4) is 11.1 Å². The Kier molecular flexibility index (Phi) is 3.20. The molecule has 0 saturated carbocycles. The Morgan fingerprint density at radius 2 is 1.00 bits per heavy atom. The fourth-order valence-corrected chi connectivity index (χ4v) is 2.08. The summed E-state index contributed by atoms with van der Waals surface area (Å²) in [4.78, 5) is 0. The van der Waals surface area contributed by atoms with E-state index in [1.807, 2.05) is 0 Å². The molecule has 0 heterocycles. The molecule has 0 fully saturated rings. The normalized spacial score (nSPS) is 10.7. The molecule has 0 aliphatic heterocycles. The summed E-state index contributed by atoms with van der Waals surface area (Å²) in [6, 6.07) is 17.3. The minimum Gasteiger partial charge on any atom is -0.269 e. The minimum atomic E-state index is 0. The largest absolute Gasteiger partial charge is 0.269 e. The lowest BCUT2D eigenvalue weighted by Gasteiger charge is -1.98. The lowest BCUT2D eigenvalue weighted by atomic mass is 10.1. The maximum absolute atomic E-state index is 2.22. The van der Waals surface area contributed by atoms with Crippen molar-refractivity contribution in [1.82, 2.24) is 0 Å². The topological polar surface area (TPSA) is 0 Å². The molecule has 0 bridgehead atoms. The van der Waals surface area contributed by atoms with Gasteiger partial charge in [-0.05, 0) is 28.7 Å². The third kappa shape index (κ3) is 1.63. The number of benzene rings is 2. The van der Waals surface area contributed by atoms with Gasteiger partial charge in [0, 0.05) is 0 Å². The molecule has 3 rings (SSSR count). The number of hydrogen-bond donors (Lipinski definition) is 0. The predicted molar refractivity (Wildman–Crippen MR) is 59.7 cm³/mol. The van der Waals surface area contributed by atoms with Crippen molar-refractivity contribution in [2.24, 2.45) is 0 Å². The minimum absolute atomic E-state index is 0. The zero-order valence-corrected chi connectivity index (χ0v) is 8.14. The van der Waals surface area contributed by atoms with Gasteiger partial charge in [0.2, 0.25) is 0 Å². The molecule has 15 heavy (non-hydrogen) atoms. The molecular formula is C13H12F2. The summed E-state index contributed by atoms with van der Waals surface area (Å²) in [7, 11) is 0. The number of fused-ring (bicyclic) bond motifs is 3. The quantitative estimate of drug-likeness (QED) is 0.527. The van der Waals surface area contributed by atoms with Crippen LogP contribution in [0.4, 0.5) is 9.41 Å². The molecule has 0 saturated heterocycles. The molecule has 0 atom stereocenters. The first-order valence-corrected chi connectivity index (χ1v) is 4.61. The number of hydrogen-bond acceptors (Lipinski definition) is 0. The molecule has 0 spiro atoms. The maximum atomic E-state index is 2.22. The summed E-state index contributed by atoms with van der Waals surface area (Å²) in [6.45, 7) is 0. The first-order valence-electron chi connectivity index (χ1n) is 4.61. The fraction of sp³-hybridized carbons (Fsp3) is 0.0769. The van der Waals surface area contributed by atoms with Crippen LogP contribution < -0.4 is 0 Å². The summed E-state index contributed by atoms with van der Waals surface area (Å²) < 4.78 is 0. The average molecular weight is 206 g/mol. The lowest BCUT2D eigenvalue weighted by Crippen LogP contribution is -1.77. The highest BCUT2D eigenvalue weighted by molar-refractivity contribution is 5.76. The van der Waals surface area contributed by atoms with Gasteiger partial charge >= 0.3 is 0 Å². The number of halogens is 2. The smallest absolute Gasteiger partial charge is 0.00135 e. The molecule has 78 valence electrons. The third-order valence-electron chi connectivity index (χ3n) is 2.71. The van der Waals surface area contributed by atoms with Crippen LogP contribution in [0.15, 0.2) is 48.5 Å². The Bertz CT molecular complexity index is 420. The van der Waals surface area contributed by atoms with Gasteiger partial charge in [-0.3, -0.25) is 9.41 Å². The molecule has 0 amide bonds. The van der Waals surface area contributed by atoms with Crippen molar-refractivity contribution in [3.05, 3.63) is 59.7 Å². The molecule has 1 aliphatic carbocycles. The van der Waals surface area contributed by atoms with Gasteiger partial charge in [-0.25, -0.2) is 0 Å². The Labute approximate surface area is 87.3 Å². The van der Waals surface area contributed by atoms with Crippen LogP contribution in [-0.2, 0) is 6.42 Å².